The Bertz CT molecular complexity index is 139. The monoisotopic (exact) mass is 156 g/mol. The lowest BCUT2D eigenvalue weighted by atomic mass is 10.8. The molecule has 3 nitrogen and oxygen atoms in total. The molecule has 0 heterocycles. The van der Waals surface area contributed by atoms with Crippen molar-refractivity contribution in [2.75, 3.05) is 18.6 Å². The van der Waals surface area contributed by atoms with E-state index in [0.29, 0.717) is 12.3 Å². The van der Waals surface area contributed by atoms with Crippen LogP contribution in [0, 0.1) is 0 Å². The van der Waals surface area contributed by atoms with Gasteiger partial charge in [-0.05, 0) is 10.8 Å². The van der Waals surface area contributed by atoms with Gasteiger partial charge in [0.15, 0.2) is 8.87 Å². The molecule has 0 bridgehead atoms. The molecular formula is C3H10NO2S2+. The van der Waals surface area contributed by atoms with Crippen molar-refractivity contribution in [2.24, 2.45) is 0 Å². The zero-order valence-corrected chi connectivity index (χ0v) is 6.39. The highest BCUT2D eigenvalue weighted by atomic mass is 33.1. The van der Waals surface area contributed by atoms with Gasteiger partial charge in [-0.3, -0.25) is 0 Å². The molecule has 0 spiro atoms. The predicted molar refractivity (Wildman–Crippen MR) is 35.1 cm³/mol. The topological polar surface area (TPSA) is 61.8 Å². The minimum absolute atomic E-state index is 0.596. The lowest BCUT2D eigenvalue weighted by Crippen LogP contribution is -2.51. The summed E-state index contributed by atoms with van der Waals surface area (Å²) < 4.78 is 20.7. The van der Waals surface area contributed by atoms with Gasteiger partial charge in [0.25, 0.3) is 0 Å². The highest BCUT2D eigenvalue weighted by Crippen LogP contribution is 2.06. The van der Waals surface area contributed by atoms with Gasteiger partial charge in [0.2, 0.25) is 0 Å². The highest BCUT2D eigenvalue weighted by molar-refractivity contribution is 8.71. The first-order chi connectivity index (χ1) is 3.56. The third-order valence-corrected chi connectivity index (χ3v) is 3.11. The fraction of sp³-hybridized carbons (Fsp3) is 1.00. The van der Waals surface area contributed by atoms with E-state index in [-0.39, 0.29) is 0 Å². The summed E-state index contributed by atoms with van der Waals surface area (Å²) in [6, 6.07) is 0. The van der Waals surface area contributed by atoms with Crippen LogP contribution in [-0.2, 0) is 8.87 Å². The van der Waals surface area contributed by atoms with Crippen LogP contribution in [-0.4, -0.2) is 27.0 Å². The number of rotatable bonds is 3. The SMILES string of the molecule is CS(=O)(=O)SCC[NH3+]. The van der Waals surface area contributed by atoms with Crippen molar-refractivity contribution >= 4 is 19.7 Å². The van der Waals surface area contributed by atoms with Crippen LogP contribution in [0.15, 0.2) is 0 Å². The Morgan fingerprint density at radius 2 is 2.12 bits per heavy atom. The Labute approximate surface area is 53.0 Å². The maximum Gasteiger partial charge on any atom is 0.198 e. The number of hydrogen-bond donors (Lipinski definition) is 1. The van der Waals surface area contributed by atoms with Crippen molar-refractivity contribution in [3.05, 3.63) is 0 Å². The van der Waals surface area contributed by atoms with Crippen molar-refractivity contribution in [2.45, 2.75) is 0 Å². The van der Waals surface area contributed by atoms with E-state index in [2.05, 4.69) is 5.73 Å². The standard InChI is InChI=1S/C3H9NO2S2/c1-8(5,6)7-3-2-4/h2-4H2,1H3/p+1. The first kappa shape index (κ1) is 8.26. The fourth-order valence-corrected chi connectivity index (χ4v) is 1.89. The van der Waals surface area contributed by atoms with Crippen molar-refractivity contribution in [3.63, 3.8) is 0 Å². The molecule has 3 N–H and O–H groups in total. The van der Waals surface area contributed by atoms with Crippen LogP contribution in [0.25, 0.3) is 0 Å². The second kappa shape index (κ2) is 3.32. The van der Waals surface area contributed by atoms with Crippen molar-refractivity contribution in [3.8, 4) is 0 Å². The second-order valence-corrected chi connectivity index (χ2v) is 5.96. The summed E-state index contributed by atoms with van der Waals surface area (Å²) in [6.07, 6.45) is 1.20. The van der Waals surface area contributed by atoms with E-state index in [4.69, 9.17) is 0 Å². The van der Waals surface area contributed by atoms with Crippen LogP contribution in [0.3, 0.4) is 0 Å². The molecule has 0 saturated carbocycles. The van der Waals surface area contributed by atoms with Gasteiger partial charge in [0, 0.05) is 6.26 Å². The maximum atomic E-state index is 10.3. The molecule has 50 valence electrons. The van der Waals surface area contributed by atoms with Crippen LogP contribution >= 0.6 is 10.8 Å². The summed E-state index contributed by atoms with van der Waals surface area (Å²) in [5, 5.41) is 0. The van der Waals surface area contributed by atoms with Gasteiger partial charge < -0.3 is 5.73 Å². The van der Waals surface area contributed by atoms with Gasteiger partial charge in [0.05, 0.1) is 12.3 Å². The normalized spacial score (nSPS) is 11.8. The Balaban J connectivity index is 3.42. The summed E-state index contributed by atoms with van der Waals surface area (Å²) in [5.74, 6) is 0.596. The molecule has 0 radical (unpaired) electrons. The molecule has 0 aromatic heterocycles. The zero-order chi connectivity index (χ0) is 6.62. The summed E-state index contributed by atoms with van der Waals surface area (Å²) in [7, 11) is -1.87. The largest absolute Gasteiger partial charge is 0.357 e. The summed E-state index contributed by atoms with van der Waals surface area (Å²) >= 11 is 0. The predicted octanol–water partition coefficient (Wildman–Crippen LogP) is -1.08. The molecule has 0 aromatic rings. The molecule has 0 aromatic carbocycles. The lowest BCUT2D eigenvalue weighted by molar-refractivity contribution is -0.360. The lowest BCUT2D eigenvalue weighted by Gasteiger charge is -1.89. The van der Waals surface area contributed by atoms with Gasteiger partial charge in [-0.25, -0.2) is 8.42 Å². The molecule has 8 heavy (non-hydrogen) atoms. The molecule has 0 saturated heterocycles. The van der Waals surface area contributed by atoms with E-state index in [1.54, 1.807) is 0 Å². The Morgan fingerprint density at radius 1 is 1.62 bits per heavy atom. The van der Waals surface area contributed by atoms with E-state index in [1.165, 1.54) is 6.26 Å². The maximum absolute atomic E-state index is 10.3. The molecule has 0 aliphatic rings. The molecule has 0 rings (SSSR count). The third-order valence-electron chi connectivity index (χ3n) is 0.442. The molecule has 0 unspecified atom stereocenters. The minimum Gasteiger partial charge on any atom is -0.357 e. The van der Waals surface area contributed by atoms with Crippen LogP contribution in [0.2, 0.25) is 0 Å². The number of hydrogen-bond acceptors (Lipinski definition) is 3. The molecule has 0 amide bonds. The van der Waals surface area contributed by atoms with Crippen molar-refractivity contribution in [1.29, 1.82) is 0 Å². The third kappa shape index (κ3) is 6.26. The zero-order valence-electron chi connectivity index (χ0n) is 4.75. The van der Waals surface area contributed by atoms with Gasteiger partial charge >= 0.3 is 0 Å². The van der Waals surface area contributed by atoms with Crippen LogP contribution in [0.1, 0.15) is 0 Å². The Kier molecular flexibility index (Phi) is 3.43. The molecule has 0 aliphatic carbocycles. The molecular weight excluding hydrogens is 146 g/mol. The summed E-state index contributed by atoms with van der Waals surface area (Å²) in [4.78, 5) is 0. The van der Waals surface area contributed by atoms with Gasteiger partial charge in [0.1, 0.15) is 0 Å². The average Bonchev–Trinajstić information content (AvgIpc) is 1.59. The van der Waals surface area contributed by atoms with E-state index in [0.717, 1.165) is 10.8 Å². The van der Waals surface area contributed by atoms with Crippen LogP contribution in [0.4, 0.5) is 0 Å². The quantitative estimate of drug-likeness (QED) is 0.529. The smallest absolute Gasteiger partial charge is 0.198 e. The second-order valence-electron chi connectivity index (χ2n) is 1.38. The van der Waals surface area contributed by atoms with Gasteiger partial charge in [-0.2, -0.15) is 0 Å². The van der Waals surface area contributed by atoms with Crippen molar-refractivity contribution < 1.29 is 14.2 Å². The molecule has 5 heteroatoms. The van der Waals surface area contributed by atoms with E-state index < -0.39 is 8.87 Å². The van der Waals surface area contributed by atoms with Gasteiger partial charge in [-0.1, -0.05) is 0 Å². The van der Waals surface area contributed by atoms with E-state index >= 15 is 0 Å². The Morgan fingerprint density at radius 3 is 2.25 bits per heavy atom. The fourth-order valence-electron chi connectivity index (χ4n) is 0.210. The average molecular weight is 156 g/mol. The summed E-state index contributed by atoms with van der Waals surface area (Å²) in [5.41, 5.74) is 3.50. The molecule has 0 atom stereocenters. The first-order valence-electron chi connectivity index (χ1n) is 2.20. The van der Waals surface area contributed by atoms with Crippen LogP contribution in [0.5, 0.6) is 0 Å². The van der Waals surface area contributed by atoms with E-state index in [9.17, 15) is 8.42 Å². The summed E-state index contributed by atoms with van der Waals surface area (Å²) in [6.45, 7) is 0.664. The van der Waals surface area contributed by atoms with Crippen molar-refractivity contribution in [1.82, 2.24) is 0 Å². The van der Waals surface area contributed by atoms with Crippen LogP contribution < -0.4 is 5.73 Å². The van der Waals surface area contributed by atoms with E-state index in [1.807, 2.05) is 0 Å². The first-order valence-corrected chi connectivity index (χ1v) is 5.59. The minimum atomic E-state index is -2.81. The molecule has 0 fully saturated rings. The molecule has 0 aliphatic heterocycles. The number of quaternary nitrogens is 1. The Hall–Kier alpha value is 0.260. The highest BCUT2D eigenvalue weighted by Gasteiger charge is 1.99. The van der Waals surface area contributed by atoms with Gasteiger partial charge in [-0.15, -0.1) is 0 Å².